The van der Waals surface area contributed by atoms with E-state index in [1.165, 1.54) is 22.3 Å². The molecule has 2 aromatic rings. The summed E-state index contributed by atoms with van der Waals surface area (Å²) in [5.74, 6) is 0. The predicted octanol–water partition coefficient (Wildman–Crippen LogP) is 5.07. The van der Waals surface area contributed by atoms with Gasteiger partial charge in [-0.1, -0.05) is 55.8 Å². The molecule has 0 amide bonds. The van der Waals surface area contributed by atoms with Crippen molar-refractivity contribution in [2.75, 3.05) is 0 Å². The van der Waals surface area contributed by atoms with Gasteiger partial charge in [0.25, 0.3) is 0 Å². The van der Waals surface area contributed by atoms with Crippen LogP contribution in [0.4, 0.5) is 4.39 Å². The molecule has 0 fully saturated rings. The van der Waals surface area contributed by atoms with E-state index in [4.69, 9.17) is 0 Å². The van der Waals surface area contributed by atoms with Crippen molar-refractivity contribution in [3.63, 3.8) is 0 Å². The van der Waals surface area contributed by atoms with Crippen molar-refractivity contribution in [3.8, 4) is 11.1 Å². The molecule has 3 rings (SSSR count). The molecule has 1 unspecified atom stereocenters. The molecule has 0 aliphatic heterocycles. The minimum absolute atomic E-state index is 0.618. The van der Waals surface area contributed by atoms with Crippen LogP contribution in [0, 0.1) is 0 Å². The lowest BCUT2D eigenvalue weighted by atomic mass is 9.96. The van der Waals surface area contributed by atoms with Crippen LogP contribution >= 0.6 is 0 Å². The molecular weight excluding hydrogens is 223 g/mol. The molecule has 18 heavy (non-hydrogen) atoms. The van der Waals surface area contributed by atoms with Crippen molar-refractivity contribution < 1.29 is 4.39 Å². The van der Waals surface area contributed by atoms with Crippen molar-refractivity contribution in [1.29, 1.82) is 0 Å². The molecule has 0 aromatic heterocycles. The molecule has 0 N–H and O–H groups in total. The van der Waals surface area contributed by atoms with Gasteiger partial charge < -0.3 is 0 Å². The first-order chi connectivity index (χ1) is 8.81. The molecule has 92 valence electrons. The van der Waals surface area contributed by atoms with E-state index in [0.717, 1.165) is 18.4 Å². The minimum atomic E-state index is -0.820. The highest BCUT2D eigenvalue weighted by molar-refractivity contribution is 5.77. The molecule has 0 heterocycles. The first kappa shape index (κ1) is 11.5. The van der Waals surface area contributed by atoms with Crippen LogP contribution in [0.25, 0.3) is 11.1 Å². The molecule has 1 heteroatoms. The van der Waals surface area contributed by atoms with Crippen LogP contribution in [0.2, 0.25) is 0 Å². The van der Waals surface area contributed by atoms with Gasteiger partial charge in [-0.25, -0.2) is 4.39 Å². The molecule has 0 bridgehead atoms. The summed E-state index contributed by atoms with van der Waals surface area (Å²) in [7, 11) is 0. The van der Waals surface area contributed by atoms with E-state index in [1.54, 1.807) is 0 Å². The number of alkyl halides is 1. The Bertz CT molecular complexity index is 572. The molecule has 1 aliphatic rings. The number of hydrogen-bond acceptors (Lipinski definition) is 0. The van der Waals surface area contributed by atoms with E-state index >= 15 is 0 Å². The fourth-order valence-electron chi connectivity index (χ4n) is 2.88. The van der Waals surface area contributed by atoms with Crippen molar-refractivity contribution >= 4 is 0 Å². The second-order valence-electron chi connectivity index (χ2n) is 4.96. The van der Waals surface area contributed by atoms with E-state index in [1.807, 2.05) is 19.1 Å². The highest BCUT2D eigenvalue weighted by atomic mass is 19.1. The van der Waals surface area contributed by atoms with Crippen LogP contribution in [0.5, 0.6) is 0 Å². The SMILES string of the molecule is CCCC(F)c1cccc2c1Cc1ccccc1-2. The summed E-state index contributed by atoms with van der Waals surface area (Å²) in [5.41, 5.74) is 5.91. The Kier molecular flexibility index (Phi) is 2.91. The second kappa shape index (κ2) is 4.56. The number of hydrogen-bond donors (Lipinski definition) is 0. The largest absolute Gasteiger partial charge is 0.242 e. The fraction of sp³-hybridized carbons (Fsp3) is 0.294. The zero-order valence-electron chi connectivity index (χ0n) is 10.6. The average molecular weight is 240 g/mol. The monoisotopic (exact) mass is 240 g/mol. The maximum atomic E-state index is 14.2. The quantitative estimate of drug-likeness (QED) is 0.599. The van der Waals surface area contributed by atoms with Crippen LogP contribution in [-0.2, 0) is 6.42 Å². The Labute approximate surface area is 107 Å². The van der Waals surface area contributed by atoms with E-state index in [2.05, 4.69) is 30.3 Å². The van der Waals surface area contributed by atoms with Crippen LogP contribution in [0.3, 0.4) is 0 Å². The lowest BCUT2D eigenvalue weighted by molar-refractivity contribution is 0.319. The fourth-order valence-corrected chi connectivity index (χ4v) is 2.88. The molecular formula is C17H17F. The molecule has 2 aromatic carbocycles. The molecule has 1 aliphatic carbocycles. The van der Waals surface area contributed by atoms with Gasteiger partial charge in [0.05, 0.1) is 0 Å². The normalized spacial score (nSPS) is 14.1. The average Bonchev–Trinajstić information content (AvgIpc) is 2.77. The molecule has 0 radical (unpaired) electrons. The molecule has 0 nitrogen and oxygen atoms in total. The number of halogens is 1. The van der Waals surface area contributed by atoms with Gasteiger partial charge in [0.2, 0.25) is 0 Å². The van der Waals surface area contributed by atoms with E-state index < -0.39 is 6.17 Å². The topological polar surface area (TPSA) is 0 Å². The van der Waals surface area contributed by atoms with Gasteiger partial charge in [0.15, 0.2) is 0 Å². The smallest absolute Gasteiger partial charge is 0.125 e. The third-order valence-electron chi connectivity index (χ3n) is 3.77. The van der Waals surface area contributed by atoms with Crippen LogP contribution in [0.15, 0.2) is 42.5 Å². The molecule has 0 saturated heterocycles. The zero-order valence-corrected chi connectivity index (χ0v) is 10.6. The number of rotatable bonds is 3. The standard InChI is InChI=1S/C17H17F/c1-2-6-17(18)15-10-5-9-14-13-8-4-3-7-12(13)11-16(14)15/h3-5,7-10,17H,2,6,11H2,1H3. The second-order valence-corrected chi connectivity index (χ2v) is 4.96. The van der Waals surface area contributed by atoms with Gasteiger partial charge >= 0.3 is 0 Å². The summed E-state index contributed by atoms with van der Waals surface area (Å²) >= 11 is 0. The molecule has 0 saturated carbocycles. The van der Waals surface area contributed by atoms with Crippen molar-refractivity contribution in [3.05, 3.63) is 59.2 Å². The molecule has 1 atom stereocenters. The number of fused-ring (bicyclic) bond motifs is 3. The highest BCUT2D eigenvalue weighted by Gasteiger charge is 2.23. The lowest BCUT2D eigenvalue weighted by Crippen LogP contribution is -1.97. The van der Waals surface area contributed by atoms with Crippen LogP contribution in [0.1, 0.15) is 42.6 Å². The van der Waals surface area contributed by atoms with Crippen LogP contribution in [-0.4, -0.2) is 0 Å². The zero-order chi connectivity index (χ0) is 12.5. The predicted molar refractivity (Wildman–Crippen MR) is 73.4 cm³/mol. The summed E-state index contributed by atoms with van der Waals surface area (Å²) in [4.78, 5) is 0. The summed E-state index contributed by atoms with van der Waals surface area (Å²) < 4.78 is 14.2. The summed E-state index contributed by atoms with van der Waals surface area (Å²) in [6.07, 6.45) is 1.57. The van der Waals surface area contributed by atoms with E-state index in [-0.39, 0.29) is 0 Å². The third kappa shape index (κ3) is 1.74. The van der Waals surface area contributed by atoms with Crippen LogP contribution < -0.4 is 0 Å². The van der Waals surface area contributed by atoms with Gasteiger partial charge in [-0.15, -0.1) is 0 Å². The van der Waals surface area contributed by atoms with E-state index in [9.17, 15) is 4.39 Å². The number of benzene rings is 2. The summed E-state index contributed by atoms with van der Waals surface area (Å²) in [5, 5.41) is 0. The van der Waals surface area contributed by atoms with Gasteiger partial charge in [-0.05, 0) is 40.7 Å². The Morgan fingerprint density at radius 1 is 1.06 bits per heavy atom. The maximum absolute atomic E-state index is 14.2. The Morgan fingerprint density at radius 2 is 1.83 bits per heavy atom. The molecule has 0 spiro atoms. The van der Waals surface area contributed by atoms with Crippen molar-refractivity contribution in [1.82, 2.24) is 0 Å². The Morgan fingerprint density at radius 3 is 2.67 bits per heavy atom. The van der Waals surface area contributed by atoms with Crippen molar-refractivity contribution in [2.24, 2.45) is 0 Å². The van der Waals surface area contributed by atoms with Gasteiger partial charge in [-0.3, -0.25) is 0 Å². The Balaban J connectivity index is 2.08. The highest BCUT2D eigenvalue weighted by Crippen LogP contribution is 2.41. The van der Waals surface area contributed by atoms with Gasteiger partial charge in [0.1, 0.15) is 6.17 Å². The third-order valence-corrected chi connectivity index (χ3v) is 3.77. The van der Waals surface area contributed by atoms with E-state index in [0.29, 0.717) is 6.42 Å². The maximum Gasteiger partial charge on any atom is 0.125 e. The first-order valence-electron chi connectivity index (χ1n) is 6.65. The minimum Gasteiger partial charge on any atom is -0.242 e. The van der Waals surface area contributed by atoms with Crippen molar-refractivity contribution in [2.45, 2.75) is 32.4 Å². The lowest BCUT2D eigenvalue weighted by Gasteiger charge is -2.12. The van der Waals surface area contributed by atoms with Gasteiger partial charge in [-0.2, -0.15) is 0 Å². The first-order valence-corrected chi connectivity index (χ1v) is 6.65. The summed E-state index contributed by atoms with van der Waals surface area (Å²) in [6.45, 7) is 2.03. The Hall–Kier alpha value is -1.63. The van der Waals surface area contributed by atoms with Gasteiger partial charge in [0, 0.05) is 0 Å². The summed E-state index contributed by atoms with van der Waals surface area (Å²) in [6, 6.07) is 14.4.